The summed E-state index contributed by atoms with van der Waals surface area (Å²) in [6, 6.07) is 31.4. The number of anilines is 1. The van der Waals surface area contributed by atoms with Crippen molar-refractivity contribution in [1.82, 2.24) is 14.9 Å². The molecule has 0 saturated carbocycles. The van der Waals surface area contributed by atoms with Crippen LogP contribution in [0.2, 0.25) is 0 Å². The molecule has 0 fully saturated rings. The molecule has 0 saturated heterocycles. The van der Waals surface area contributed by atoms with Crippen LogP contribution in [-0.4, -0.2) is 41.1 Å². The van der Waals surface area contributed by atoms with Crippen LogP contribution in [0.4, 0.5) is 5.82 Å². The van der Waals surface area contributed by atoms with Crippen LogP contribution in [0.3, 0.4) is 0 Å². The molecule has 1 aliphatic heterocycles. The van der Waals surface area contributed by atoms with Gasteiger partial charge in [0.1, 0.15) is 30.0 Å². The lowest BCUT2D eigenvalue weighted by Crippen LogP contribution is -2.46. The Kier molecular flexibility index (Phi) is 9.67. The number of nitrogens with two attached hydrogens (primary N) is 1. The number of imidazole rings is 1. The number of amides is 2. The van der Waals surface area contributed by atoms with Gasteiger partial charge in [-0.05, 0) is 47.0 Å². The third-order valence-corrected chi connectivity index (χ3v) is 8.50. The molecule has 0 spiro atoms. The van der Waals surface area contributed by atoms with Crippen LogP contribution in [0.1, 0.15) is 50.6 Å². The summed E-state index contributed by atoms with van der Waals surface area (Å²) in [6.07, 6.45) is 4.52. The van der Waals surface area contributed by atoms with Crippen molar-refractivity contribution in [3.05, 3.63) is 143 Å². The van der Waals surface area contributed by atoms with E-state index in [1.54, 1.807) is 24.5 Å². The summed E-state index contributed by atoms with van der Waals surface area (Å²) < 4.78 is 14.0. The van der Waals surface area contributed by atoms with E-state index in [1.165, 1.54) is 0 Å². The van der Waals surface area contributed by atoms with E-state index in [-0.39, 0.29) is 12.5 Å². The minimum atomic E-state index is -0.928. The number of hydrogen-bond donors (Lipinski definition) is 2. The average molecular weight is 641 g/mol. The molecule has 10 nitrogen and oxygen atoms in total. The molecule has 0 unspecified atom stereocenters. The van der Waals surface area contributed by atoms with E-state index in [0.29, 0.717) is 48.8 Å². The smallest absolute Gasteiger partial charge is 0.255 e. The van der Waals surface area contributed by atoms with E-state index in [1.807, 2.05) is 96.7 Å². The van der Waals surface area contributed by atoms with Crippen molar-refractivity contribution in [2.75, 3.05) is 18.6 Å². The zero-order valence-electron chi connectivity index (χ0n) is 26.6. The second kappa shape index (κ2) is 14.6. The number of nitriles is 1. The largest absolute Gasteiger partial charge is 0.492 e. The quantitative estimate of drug-likeness (QED) is 0.192. The Morgan fingerprint density at radius 2 is 1.77 bits per heavy atom. The first-order chi connectivity index (χ1) is 23.4. The number of para-hydroxylation sites is 1. The lowest BCUT2D eigenvalue weighted by molar-refractivity contribution is -0.119. The molecule has 48 heavy (non-hydrogen) atoms. The third kappa shape index (κ3) is 7.32. The molecule has 2 atom stereocenters. The normalized spacial score (nSPS) is 14.1. The molecule has 2 amide bonds. The van der Waals surface area contributed by atoms with Gasteiger partial charge >= 0.3 is 0 Å². The highest BCUT2D eigenvalue weighted by Crippen LogP contribution is 2.39. The summed E-state index contributed by atoms with van der Waals surface area (Å²) in [4.78, 5) is 32.7. The lowest BCUT2D eigenvalue weighted by atomic mass is 9.95. The van der Waals surface area contributed by atoms with Crippen LogP contribution in [0.25, 0.3) is 0 Å². The number of hydrogen-bond acceptors (Lipinski definition) is 7. The minimum absolute atomic E-state index is 0.0903. The molecule has 3 N–H and O–H groups in total. The number of primary amides is 1. The SMILES string of the molecule is CN(c1cncn1Cc1ccc(C#N)cc1)[C@H]1CCOc2c(C(=O)N[C@@H](Cc3ccc(OCc4ccccc4)cc3)C(N)=O)cccc21. The van der Waals surface area contributed by atoms with Crippen molar-refractivity contribution < 1.29 is 19.1 Å². The number of aromatic nitrogens is 2. The Hall–Kier alpha value is -6.08. The molecule has 0 bridgehead atoms. The molecule has 242 valence electrons. The number of nitrogens with one attached hydrogen (secondary N) is 1. The maximum Gasteiger partial charge on any atom is 0.255 e. The average Bonchev–Trinajstić information content (AvgIpc) is 3.59. The maximum atomic E-state index is 13.6. The molecular formula is C38H36N6O4. The van der Waals surface area contributed by atoms with Crippen LogP contribution in [-0.2, 0) is 24.4 Å². The van der Waals surface area contributed by atoms with Gasteiger partial charge < -0.3 is 30.0 Å². The topological polar surface area (TPSA) is 136 Å². The summed E-state index contributed by atoms with van der Waals surface area (Å²) in [5, 5.41) is 12.0. The number of ether oxygens (including phenoxy) is 2. The number of carbonyl (C=O) groups is 2. The Bertz CT molecular complexity index is 1920. The van der Waals surface area contributed by atoms with Gasteiger partial charge in [0, 0.05) is 25.5 Å². The van der Waals surface area contributed by atoms with Crippen LogP contribution >= 0.6 is 0 Å². The van der Waals surface area contributed by atoms with E-state index in [4.69, 9.17) is 20.5 Å². The van der Waals surface area contributed by atoms with Gasteiger partial charge in [-0.25, -0.2) is 4.98 Å². The number of carbonyl (C=O) groups excluding carboxylic acids is 2. The third-order valence-electron chi connectivity index (χ3n) is 8.50. The molecule has 6 rings (SSSR count). The van der Waals surface area contributed by atoms with Gasteiger partial charge in [0.05, 0.1) is 48.9 Å². The number of benzene rings is 4. The summed E-state index contributed by atoms with van der Waals surface area (Å²) in [5.41, 5.74) is 10.5. The van der Waals surface area contributed by atoms with Gasteiger partial charge in [0.15, 0.2) is 0 Å². The Morgan fingerprint density at radius 3 is 2.50 bits per heavy atom. The zero-order valence-corrected chi connectivity index (χ0v) is 26.6. The zero-order chi connectivity index (χ0) is 33.5. The van der Waals surface area contributed by atoms with Gasteiger partial charge in [-0.15, -0.1) is 0 Å². The van der Waals surface area contributed by atoms with E-state index in [2.05, 4.69) is 21.3 Å². The summed E-state index contributed by atoms with van der Waals surface area (Å²) in [5.74, 6) is 1.02. The fourth-order valence-corrected chi connectivity index (χ4v) is 5.92. The van der Waals surface area contributed by atoms with Crippen molar-refractivity contribution in [3.63, 3.8) is 0 Å². The minimum Gasteiger partial charge on any atom is -0.492 e. The van der Waals surface area contributed by atoms with E-state index in [0.717, 1.165) is 28.1 Å². The molecule has 0 aliphatic carbocycles. The van der Waals surface area contributed by atoms with Crippen molar-refractivity contribution in [2.45, 2.75) is 38.1 Å². The fraction of sp³-hybridized carbons (Fsp3) is 0.211. The monoisotopic (exact) mass is 640 g/mol. The van der Waals surface area contributed by atoms with Gasteiger partial charge in [-0.3, -0.25) is 9.59 Å². The highest BCUT2D eigenvalue weighted by Gasteiger charge is 2.31. The van der Waals surface area contributed by atoms with E-state index in [9.17, 15) is 9.59 Å². The first-order valence-electron chi connectivity index (χ1n) is 15.7. The van der Waals surface area contributed by atoms with Gasteiger partial charge in [0.25, 0.3) is 5.91 Å². The number of rotatable bonds is 12. The molecule has 2 heterocycles. The maximum absolute atomic E-state index is 13.6. The molecule has 4 aromatic carbocycles. The Balaban J connectivity index is 1.14. The van der Waals surface area contributed by atoms with Crippen LogP contribution in [0.5, 0.6) is 11.5 Å². The van der Waals surface area contributed by atoms with Crippen LogP contribution in [0, 0.1) is 11.3 Å². The summed E-state index contributed by atoms with van der Waals surface area (Å²) >= 11 is 0. The van der Waals surface area contributed by atoms with E-state index < -0.39 is 17.9 Å². The molecule has 10 heteroatoms. The predicted octanol–water partition coefficient (Wildman–Crippen LogP) is 5.17. The molecule has 5 aromatic rings. The van der Waals surface area contributed by atoms with Crippen molar-refractivity contribution in [3.8, 4) is 17.6 Å². The van der Waals surface area contributed by atoms with Gasteiger partial charge in [-0.1, -0.05) is 66.7 Å². The van der Waals surface area contributed by atoms with Crippen molar-refractivity contribution >= 4 is 17.6 Å². The second-order valence-electron chi connectivity index (χ2n) is 11.7. The molecule has 1 aliphatic rings. The van der Waals surface area contributed by atoms with E-state index >= 15 is 0 Å². The van der Waals surface area contributed by atoms with Crippen LogP contribution < -0.4 is 25.4 Å². The highest BCUT2D eigenvalue weighted by molar-refractivity contribution is 6.00. The van der Waals surface area contributed by atoms with Crippen LogP contribution in [0.15, 0.2) is 110 Å². The molecular weight excluding hydrogens is 604 g/mol. The highest BCUT2D eigenvalue weighted by atomic mass is 16.5. The standard InChI is InChI=1S/C38H36N6O4/c1-43(35-22-41-25-44(35)23-28-12-10-27(21-39)11-13-28)34-18-19-47-36-31(34)8-5-9-32(36)38(46)42-33(37(40)45)20-26-14-16-30(17-15-26)48-24-29-6-3-2-4-7-29/h2-17,22,25,33-34H,18-20,23-24H2,1H3,(H2,40,45)(H,42,46)/t33-,34-/m0/s1. The first kappa shape index (κ1) is 31.9. The van der Waals surface area contributed by atoms with Gasteiger partial charge in [-0.2, -0.15) is 5.26 Å². The summed E-state index contributed by atoms with van der Waals surface area (Å²) in [6.45, 7) is 1.44. The number of fused-ring (bicyclic) bond motifs is 1. The number of nitrogens with zero attached hydrogens (tertiary/aromatic N) is 4. The van der Waals surface area contributed by atoms with Crippen molar-refractivity contribution in [1.29, 1.82) is 5.26 Å². The fourth-order valence-electron chi connectivity index (χ4n) is 5.92. The molecule has 1 aromatic heterocycles. The Labute approximate surface area is 279 Å². The van der Waals surface area contributed by atoms with Crippen molar-refractivity contribution in [2.24, 2.45) is 5.73 Å². The Morgan fingerprint density at radius 1 is 1.02 bits per heavy atom. The lowest BCUT2D eigenvalue weighted by Gasteiger charge is -2.35. The van der Waals surface area contributed by atoms with Gasteiger partial charge in [0.2, 0.25) is 5.91 Å². The second-order valence-corrected chi connectivity index (χ2v) is 11.7. The first-order valence-corrected chi connectivity index (χ1v) is 15.7. The molecule has 0 radical (unpaired) electrons. The summed E-state index contributed by atoms with van der Waals surface area (Å²) in [7, 11) is 2.00. The predicted molar refractivity (Wildman–Crippen MR) is 182 cm³/mol.